The topological polar surface area (TPSA) is 73.5 Å². The zero-order valence-electron chi connectivity index (χ0n) is 13.3. The lowest BCUT2D eigenvalue weighted by atomic mass is 9.82. The molecule has 4 fully saturated rings. The van der Waals surface area contributed by atoms with Gasteiger partial charge in [-0.25, -0.2) is 4.79 Å². The lowest BCUT2D eigenvalue weighted by Crippen LogP contribution is -2.54. The van der Waals surface area contributed by atoms with Crippen molar-refractivity contribution in [1.82, 2.24) is 21.1 Å². The number of amides is 3. The Morgan fingerprint density at radius 1 is 1.17 bits per heavy atom. The minimum atomic E-state index is -0.704. The number of fused-ring (bicyclic) bond motifs is 2. The van der Waals surface area contributed by atoms with E-state index >= 15 is 0 Å². The van der Waals surface area contributed by atoms with E-state index in [4.69, 9.17) is 12.2 Å². The number of rotatable bonds is 2. The second kappa shape index (κ2) is 5.61. The quantitative estimate of drug-likeness (QED) is 0.530. The number of hydrogen-bond acceptors (Lipinski definition) is 3. The number of nitrogens with one attached hydrogen (secondary N) is 3. The highest BCUT2D eigenvalue weighted by Gasteiger charge is 2.52. The molecule has 1 heterocycles. The first-order valence-corrected chi connectivity index (χ1v) is 9.22. The van der Waals surface area contributed by atoms with Crippen molar-refractivity contribution in [1.29, 1.82) is 0 Å². The van der Waals surface area contributed by atoms with Gasteiger partial charge in [-0.15, -0.1) is 0 Å². The van der Waals surface area contributed by atoms with Crippen molar-refractivity contribution in [3.05, 3.63) is 0 Å². The van der Waals surface area contributed by atoms with Crippen molar-refractivity contribution in [2.75, 3.05) is 0 Å². The molecule has 0 aromatic rings. The molecule has 4 rings (SSSR count). The largest absolute Gasteiger partial charge is 0.358 e. The van der Waals surface area contributed by atoms with E-state index in [0.717, 1.165) is 49.5 Å². The van der Waals surface area contributed by atoms with Gasteiger partial charge in [0.25, 0.3) is 5.91 Å². The third-order valence-electron chi connectivity index (χ3n) is 6.14. The van der Waals surface area contributed by atoms with Crippen LogP contribution in [0, 0.1) is 11.8 Å². The van der Waals surface area contributed by atoms with Gasteiger partial charge in [0.1, 0.15) is 5.54 Å². The van der Waals surface area contributed by atoms with Gasteiger partial charge in [-0.2, -0.15) is 5.01 Å². The molecule has 0 aromatic carbocycles. The maximum Gasteiger partial charge on any atom is 0.344 e. The molecule has 0 radical (unpaired) electrons. The van der Waals surface area contributed by atoms with Crippen LogP contribution >= 0.6 is 12.2 Å². The van der Waals surface area contributed by atoms with E-state index in [1.807, 2.05) is 0 Å². The zero-order valence-corrected chi connectivity index (χ0v) is 14.1. The molecule has 3 amide bonds. The van der Waals surface area contributed by atoms with Crippen LogP contribution in [0.3, 0.4) is 0 Å². The lowest BCUT2D eigenvalue weighted by Gasteiger charge is -2.30. The molecule has 6 nitrogen and oxygen atoms in total. The summed E-state index contributed by atoms with van der Waals surface area (Å²) >= 11 is 5.34. The highest BCUT2D eigenvalue weighted by atomic mass is 32.1. The van der Waals surface area contributed by atoms with Crippen LogP contribution in [0.5, 0.6) is 0 Å². The fourth-order valence-electron chi connectivity index (χ4n) is 4.94. The molecule has 3 N–H and O–H groups in total. The standard InChI is InChI=1S/C16H24N4O2S/c21-13-16(6-2-1-3-7-16)18-15(22)20(13)19-14(23)17-12-9-10-4-5-11(12)8-10/h10-12H,1-9H2,(H,18,22)(H2,17,19,23). The van der Waals surface area contributed by atoms with Crippen LogP contribution in [0.2, 0.25) is 0 Å². The normalized spacial score (nSPS) is 34.8. The van der Waals surface area contributed by atoms with Crippen molar-refractivity contribution in [3.63, 3.8) is 0 Å². The summed E-state index contributed by atoms with van der Waals surface area (Å²) in [5.41, 5.74) is 2.12. The Labute approximate surface area is 141 Å². The first kappa shape index (κ1) is 15.2. The van der Waals surface area contributed by atoms with E-state index in [2.05, 4.69) is 16.1 Å². The fourth-order valence-corrected chi connectivity index (χ4v) is 5.18. The van der Waals surface area contributed by atoms with Gasteiger partial charge in [-0.1, -0.05) is 25.7 Å². The van der Waals surface area contributed by atoms with Crippen LogP contribution < -0.4 is 16.1 Å². The van der Waals surface area contributed by atoms with Gasteiger partial charge in [0.05, 0.1) is 0 Å². The average Bonchev–Trinajstić information content (AvgIpc) is 3.20. The smallest absolute Gasteiger partial charge is 0.344 e. The summed E-state index contributed by atoms with van der Waals surface area (Å²) in [6.07, 6.45) is 9.56. The van der Waals surface area contributed by atoms with Crippen molar-refractivity contribution >= 4 is 29.3 Å². The van der Waals surface area contributed by atoms with Crippen molar-refractivity contribution < 1.29 is 9.59 Å². The monoisotopic (exact) mass is 336 g/mol. The zero-order chi connectivity index (χ0) is 16.0. The summed E-state index contributed by atoms with van der Waals surface area (Å²) < 4.78 is 0. The van der Waals surface area contributed by atoms with Gasteiger partial charge in [-0.05, 0) is 56.2 Å². The number of carbonyl (C=O) groups excluding carboxylic acids is 2. The molecule has 3 saturated carbocycles. The van der Waals surface area contributed by atoms with Crippen LogP contribution in [0.15, 0.2) is 0 Å². The van der Waals surface area contributed by atoms with Crippen LogP contribution in [0.4, 0.5) is 4.79 Å². The predicted octanol–water partition coefficient (Wildman–Crippen LogP) is 1.81. The van der Waals surface area contributed by atoms with E-state index in [0.29, 0.717) is 17.1 Å². The Bertz CT molecular complexity index is 546. The number of imide groups is 1. The molecule has 3 atom stereocenters. The van der Waals surface area contributed by atoms with Crippen molar-refractivity contribution in [2.45, 2.75) is 69.4 Å². The first-order chi connectivity index (χ1) is 11.1. The van der Waals surface area contributed by atoms with Crippen LogP contribution in [0.1, 0.15) is 57.8 Å². The highest BCUT2D eigenvalue weighted by molar-refractivity contribution is 7.80. The molecule has 1 spiro atoms. The average molecular weight is 336 g/mol. The Kier molecular flexibility index (Phi) is 3.70. The second-order valence-electron chi connectivity index (χ2n) is 7.58. The summed E-state index contributed by atoms with van der Waals surface area (Å²) in [7, 11) is 0. The van der Waals surface area contributed by atoms with Crippen molar-refractivity contribution in [3.8, 4) is 0 Å². The molecule has 3 unspecified atom stereocenters. The molecular weight excluding hydrogens is 312 g/mol. The molecule has 4 aliphatic rings. The number of thiocarbonyl (C=S) groups is 1. The number of hydrazine groups is 1. The van der Waals surface area contributed by atoms with Crippen LogP contribution in [-0.2, 0) is 4.79 Å². The molecule has 126 valence electrons. The number of hydrogen-bond donors (Lipinski definition) is 3. The van der Waals surface area contributed by atoms with Gasteiger partial charge >= 0.3 is 6.03 Å². The van der Waals surface area contributed by atoms with Crippen LogP contribution in [-0.4, -0.2) is 33.6 Å². The van der Waals surface area contributed by atoms with E-state index in [1.165, 1.54) is 19.3 Å². The fraction of sp³-hybridized carbons (Fsp3) is 0.812. The molecule has 7 heteroatoms. The number of carbonyl (C=O) groups is 2. The van der Waals surface area contributed by atoms with Crippen molar-refractivity contribution in [2.24, 2.45) is 11.8 Å². The maximum absolute atomic E-state index is 12.7. The van der Waals surface area contributed by atoms with Gasteiger partial charge < -0.3 is 10.6 Å². The van der Waals surface area contributed by atoms with Gasteiger partial charge in [0.2, 0.25) is 0 Å². The lowest BCUT2D eigenvalue weighted by molar-refractivity contribution is -0.133. The Balaban J connectivity index is 1.37. The second-order valence-corrected chi connectivity index (χ2v) is 7.99. The van der Waals surface area contributed by atoms with E-state index in [9.17, 15) is 9.59 Å². The minimum Gasteiger partial charge on any atom is -0.358 e. The Morgan fingerprint density at radius 3 is 2.61 bits per heavy atom. The predicted molar refractivity (Wildman–Crippen MR) is 89.3 cm³/mol. The third-order valence-corrected chi connectivity index (χ3v) is 6.35. The Hall–Kier alpha value is -1.37. The minimum absolute atomic E-state index is 0.181. The van der Waals surface area contributed by atoms with E-state index < -0.39 is 5.54 Å². The summed E-state index contributed by atoms with van der Waals surface area (Å²) in [6, 6.07) is 0.00662. The summed E-state index contributed by atoms with van der Waals surface area (Å²) in [5, 5.41) is 7.66. The number of urea groups is 1. The molecule has 1 saturated heterocycles. The van der Waals surface area contributed by atoms with Gasteiger partial charge in [0.15, 0.2) is 5.11 Å². The summed E-state index contributed by atoms with van der Waals surface area (Å²) in [4.78, 5) is 24.9. The third kappa shape index (κ3) is 2.58. The molecular formula is C16H24N4O2S. The van der Waals surface area contributed by atoms with Crippen LogP contribution in [0.25, 0.3) is 0 Å². The Morgan fingerprint density at radius 2 is 1.96 bits per heavy atom. The summed E-state index contributed by atoms with van der Waals surface area (Å²) in [6.45, 7) is 0. The SMILES string of the molecule is O=C1NC2(CCCCC2)C(=O)N1NC(=S)NC1CC2CCC1C2. The first-order valence-electron chi connectivity index (χ1n) is 8.81. The number of nitrogens with zero attached hydrogens (tertiary/aromatic N) is 1. The molecule has 3 aliphatic carbocycles. The van der Waals surface area contributed by atoms with Gasteiger partial charge in [-0.3, -0.25) is 10.2 Å². The molecule has 0 aromatic heterocycles. The van der Waals surface area contributed by atoms with Gasteiger partial charge in [0, 0.05) is 6.04 Å². The summed E-state index contributed by atoms with van der Waals surface area (Å²) in [5.74, 6) is 1.33. The van der Waals surface area contributed by atoms with E-state index in [-0.39, 0.29) is 11.9 Å². The molecule has 2 bridgehead atoms. The van der Waals surface area contributed by atoms with E-state index in [1.54, 1.807) is 0 Å². The molecule has 23 heavy (non-hydrogen) atoms. The molecule has 1 aliphatic heterocycles. The highest BCUT2D eigenvalue weighted by Crippen LogP contribution is 2.44. The maximum atomic E-state index is 12.7.